The molecule has 0 saturated carbocycles. The molecule has 0 amide bonds. The van der Waals surface area contributed by atoms with Crippen molar-refractivity contribution >= 4 is 11.4 Å². The molecule has 1 heterocycles. The van der Waals surface area contributed by atoms with Crippen molar-refractivity contribution in [1.29, 1.82) is 0 Å². The molecule has 1 aliphatic heterocycles. The van der Waals surface area contributed by atoms with Gasteiger partial charge in [0.15, 0.2) is 0 Å². The summed E-state index contributed by atoms with van der Waals surface area (Å²) in [6, 6.07) is 17.9. The van der Waals surface area contributed by atoms with Gasteiger partial charge in [-0.15, -0.1) is 0 Å². The average molecular weight is 721 g/mol. The van der Waals surface area contributed by atoms with Crippen LogP contribution in [0.1, 0.15) is 223 Å². The van der Waals surface area contributed by atoms with Crippen LogP contribution in [0.15, 0.2) is 71.8 Å². The second kappa shape index (κ2) is 28.7. The summed E-state index contributed by atoms with van der Waals surface area (Å²) in [4.78, 5) is 0. The Bertz CT molecular complexity index is 1360. The minimum atomic E-state index is 1.01. The molecular formula is C51H80N2. The first-order valence-corrected chi connectivity index (χ1v) is 22.9. The second-order valence-corrected chi connectivity index (χ2v) is 16.1. The number of unbranched alkanes of at least 4 members (excludes halogenated alkanes) is 20. The minimum absolute atomic E-state index is 1.01. The van der Waals surface area contributed by atoms with E-state index in [-0.39, 0.29) is 0 Å². The van der Waals surface area contributed by atoms with Crippen molar-refractivity contribution in [2.45, 2.75) is 214 Å². The maximum atomic E-state index is 12.1. The zero-order valence-electron chi connectivity index (χ0n) is 35.2. The van der Waals surface area contributed by atoms with Crippen LogP contribution in [0.4, 0.5) is 0 Å². The fourth-order valence-corrected chi connectivity index (χ4v) is 8.13. The fourth-order valence-electron chi connectivity index (χ4n) is 8.13. The summed E-state index contributed by atoms with van der Waals surface area (Å²) < 4.78 is 1.59. The molecule has 0 fully saturated rings. The predicted octanol–water partition coefficient (Wildman–Crippen LogP) is 17.1. The quantitative estimate of drug-likeness (QED) is 0.0408. The van der Waals surface area contributed by atoms with Crippen LogP contribution in [0.25, 0.3) is 16.9 Å². The second-order valence-electron chi connectivity index (χ2n) is 16.1. The first kappa shape index (κ1) is 44.7. The molecule has 3 rings (SSSR count). The van der Waals surface area contributed by atoms with Crippen molar-refractivity contribution < 1.29 is 4.70 Å². The zero-order valence-corrected chi connectivity index (χ0v) is 35.2. The lowest BCUT2D eigenvalue weighted by Crippen LogP contribution is -2.05. The van der Waals surface area contributed by atoms with Crippen molar-refractivity contribution in [3.63, 3.8) is 0 Å². The molecule has 0 atom stereocenters. The molecule has 0 bridgehead atoms. The molecule has 294 valence electrons. The molecule has 1 aliphatic rings. The molecule has 0 N–H and O–H groups in total. The minimum Gasteiger partial charge on any atom is -0.493 e. The van der Waals surface area contributed by atoms with Gasteiger partial charge < -0.3 is 5.53 Å². The number of hydrogen-bond acceptors (Lipinski definition) is 0. The number of aryl methyl sites for hydroxylation is 2. The molecule has 0 saturated heterocycles. The summed E-state index contributed by atoms with van der Waals surface area (Å²) in [5.74, 6) is 0. The molecule has 0 aromatic heterocycles. The standard InChI is InChI=1S/C51H80N2/c1-5-9-13-14-15-16-17-18-19-20-21-22-23-24-25-26-27-28-29-31-35-45-36-32-33-38-47(45)51-49(39-30-10-6-2)48(37-12-8-4)50(53(51)52)46-42-40-44(41-43-46)34-11-7-3/h27-28,32-33,36,38,40-43H,5-26,29-31,34-35,37,39H2,1-4H3. The summed E-state index contributed by atoms with van der Waals surface area (Å²) in [5.41, 5.74) is 22.0. The Hall–Kier alpha value is -2.74. The number of benzene rings is 2. The molecule has 53 heavy (non-hydrogen) atoms. The van der Waals surface area contributed by atoms with Gasteiger partial charge in [0.2, 0.25) is 11.4 Å². The van der Waals surface area contributed by atoms with Gasteiger partial charge in [0, 0.05) is 22.3 Å². The van der Waals surface area contributed by atoms with Crippen LogP contribution in [0.3, 0.4) is 0 Å². The van der Waals surface area contributed by atoms with E-state index < -0.39 is 0 Å². The summed E-state index contributed by atoms with van der Waals surface area (Å²) in [7, 11) is 0. The van der Waals surface area contributed by atoms with Crippen LogP contribution in [0, 0.1) is 0 Å². The maximum Gasteiger partial charge on any atom is 0.211 e. The van der Waals surface area contributed by atoms with E-state index in [1.807, 2.05) is 0 Å². The van der Waals surface area contributed by atoms with E-state index in [0.29, 0.717) is 0 Å². The molecule has 0 radical (unpaired) electrons. The Labute approximate surface area is 328 Å². The molecule has 0 aliphatic carbocycles. The lowest BCUT2D eigenvalue weighted by atomic mass is 9.90. The van der Waals surface area contributed by atoms with Crippen LogP contribution < -0.4 is 0 Å². The van der Waals surface area contributed by atoms with Gasteiger partial charge in [-0.3, -0.25) is 0 Å². The molecular weight excluding hydrogens is 641 g/mol. The van der Waals surface area contributed by atoms with E-state index in [1.165, 1.54) is 156 Å². The Kier molecular flexibility index (Phi) is 24.2. The van der Waals surface area contributed by atoms with Gasteiger partial charge in [0.05, 0.1) is 0 Å². The molecule has 2 aromatic rings. The van der Waals surface area contributed by atoms with Crippen molar-refractivity contribution in [3.05, 3.63) is 99.6 Å². The van der Waals surface area contributed by atoms with Crippen LogP contribution in [-0.4, -0.2) is 4.70 Å². The average Bonchev–Trinajstić information content (AvgIpc) is 3.45. The lowest BCUT2D eigenvalue weighted by Gasteiger charge is -2.13. The highest BCUT2D eigenvalue weighted by Gasteiger charge is 2.35. The first-order chi connectivity index (χ1) is 26.2. The first-order valence-electron chi connectivity index (χ1n) is 22.9. The molecule has 0 spiro atoms. The van der Waals surface area contributed by atoms with Gasteiger partial charge in [0.1, 0.15) is 0 Å². The number of nitrogens with zero attached hydrogens (tertiary/aromatic N) is 2. The van der Waals surface area contributed by atoms with E-state index in [0.717, 1.165) is 74.7 Å². The molecule has 2 aromatic carbocycles. The SMILES string of the molecule is CCCCCCCCCCCCCCCCCC=CCCCc1ccccc1C1=C(CCCCC)C(CCCC)=C(c2ccc(CCCC)cc2)[N+]1=[N-]. The van der Waals surface area contributed by atoms with E-state index in [4.69, 9.17) is 0 Å². The third-order valence-electron chi connectivity index (χ3n) is 11.4. The van der Waals surface area contributed by atoms with E-state index in [9.17, 15) is 5.53 Å². The van der Waals surface area contributed by atoms with Gasteiger partial charge >= 0.3 is 0 Å². The van der Waals surface area contributed by atoms with E-state index in [2.05, 4.69) is 88.4 Å². The highest BCUT2D eigenvalue weighted by atomic mass is 15.2. The van der Waals surface area contributed by atoms with E-state index >= 15 is 0 Å². The third kappa shape index (κ3) is 16.7. The Balaban J connectivity index is 1.50. The highest BCUT2D eigenvalue weighted by molar-refractivity contribution is 5.82. The van der Waals surface area contributed by atoms with Crippen molar-refractivity contribution in [1.82, 2.24) is 0 Å². The van der Waals surface area contributed by atoms with Gasteiger partial charge in [-0.05, 0) is 100.0 Å². The van der Waals surface area contributed by atoms with Gasteiger partial charge in [-0.2, -0.15) is 0 Å². The Morgan fingerprint density at radius 1 is 0.434 bits per heavy atom. The van der Waals surface area contributed by atoms with Crippen molar-refractivity contribution in [2.75, 3.05) is 0 Å². The smallest absolute Gasteiger partial charge is 0.211 e. The largest absolute Gasteiger partial charge is 0.493 e. The predicted molar refractivity (Wildman–Crippen MR) is 234 cm³/mol. The van der Waals surface area contributed by atoms with Crippen LogP contribution in [-0.2, 0) is 12.8 Å². The van der Waals surface area contributed by atoms with Crippen LogP contribution in [0.5, 0.6) is 0 Å². The molecule has 2 heteroatoms. The van der Waals surface area contributed by atoms with Crippen molar-refractivity contribution in [2.24, 2.45) is 0 Å². The van der Waals surface area contributed by atoms with Gasteiger partial charge in [0.25, 0.3) is 0 Å². The summed E-state index contributed by atoms with van der Waals surface area (Å²) in [6.45, 7) is 9.12. The maximum absolute atomic E-state index is 12.1. The highest BCUT2D eigenvalue weighted by Crippen LogP contribution is 2.45. The van der Waals surface area contributed by atoms with Gasteiger partial charge in [-0.25, -0.2) is 4.70 Å². The van der Waals surface area contributed by atoms with E-state index in [1.54, 1.807) is 4.70 Å². The Morgan fingerprint density at radius 2 is 0.906 bits per heavy atom. The monoisotopic (exact) mass is 721 g/mol. The lowest BCUT2D eigenvalue weighted by molar-refractivity contribution is -0.345. The topological polar surface area (TPSA) is 25.3 Å². The van der Waals surface area contributed by atoms with Gasteiger partial charge in [-0.1, -0.05) is 186 Å². The number of allylic oxidation sites excluding steroid dienone is 4. The van der Waals surface area contributed by atoms with Crippen LogP contribution >= 0.6 is 0 Å². The summed E-state index contributed by atoms with van der Waals surface area (Å²) in [5, 5.41) is 0. The summed E-state index contributed by atoms with van der Waals surface area (Å²) in [6.07, 6.45) is 42.2. The van der Waals surface area contributed by atoms with Crippen molar-refractivity contribution in [3.8, 4) is 0 Å². The fraction of sp³-hybridized carbons (Fsp3) is 0.647. The molecule has 2 nitrogen and oxygen atoms in total. The Morgan fingerprint density at radius 3 is 1.51 bits per heavy atom. The zero-order chi connectivity index (χ0) is 37.8. The normalized spacial score (nSPS) is 13.4. The molecule has 0 unspecified atom stereocenters. The summed E-state index contributed by atoms with van der Waals surface area (Å²) >= 11 is 0. The third-order valence-corrected chi connectivity index (χ3v) is 11.4. The number of hydrogen-bond donors (Lipinski definition) is 0. The number of rotatable bonds is 32. The van der Waals surface area contributed by atoms with Crippen LogP contribution in [0.2, 0.25) is 0 Å².